The molecule has 14 nitrogen and oxygen atoms in total. The van der Waals surface area contributed by atoms with Crippen molar-refractivity contribution in [3.8, 4) is 0 Å². The minimum Gasteiger partial charge on any atom is -0.478 e. The molecule has 0 unspecified atom stereocenters. The summed E-state index contributed by atoms with van der Waals surface area (Å²) >= 11 is 0. The molecule has 2 heterocycles. The van der Waals surface area contributed by atoms with Crippen molar-refractivity contribution in [1.82, 2.24) is 0 Å². The lowest BCUT2D eigenvalue weighted by Gasteiger charge is -2.13. The molecule has 0 saturated heterocycles. The SMILES string of the molecule is O=C(Nc1ccc(Cc2ccc(NC(=O)c3ccc4c(c3)C(=O)OC4=O)c(C(=O)O)c2)cc1C(=O)O)c1ccc2c(c1)C(=O)OC2=O. The number of ether oxygens (including phenoxy) is 2. The highest BCUT2D eigenvalue weighted by molar-refractivity contribution is 6.18. The van der Waals surface area contributed by atoms with Crippen molar-refractivity contribution in [1.29, 1.82) is 0 Å². The molecule has 0 aliphatic carbocycles. The van der Waals surface area contributed by atoms with Gasteiger partial charge in [0.1, 0.15) is 0 Å². The molecular formula is C33H18N2O12. The van der Waals surface area contributed by atoms with Crippen LogP contribution in [-0.2, 0) is 15.9 Å². The Morgan fingerprint density at radius 3 is 1.28 bits per heavy atom. The minimum atomic E-state index is -1.36. The number of cyclic esters (lactones) is 4. The van der Waals surface area contributed by atoms with Crippen molar-refractivity contribution in [2.75, 3.05) is 10.6 Å². The molecular weight excluding hydrogens is 616 g/mol. The number of carboxylic acids is 2. The molecule has 2 aliphatic rings. The number of amides is 2. The van der Waals surface area contributed by atoms with Gasteiger partial charge in [-0.3, -0.25) is 9.59 Å². The van der Waals surface area contributed by atoms with Crippen LogP contribution in [0.15, 0.2) is 72.8 Å². The van der Waals surface area contributed by atoms with Gasteiger partial charge in [0, 0.05) is 11.1 Å². The van der Waals surface area contributed by atoms with Gasteiger partial charge in [0.25, 0.3) is 11.8 Å². The lowest BCUT2D eigenvalue weighted by molar-refractivity contribution is 0.0425. The molecule has 232 valence electrons. The maximum atomic E-state index is 12.9. The van der Waals surface area contributed by atoms with Crippen molar-refractivity contribution in [2.24, 2.45) is 0 Å². The van der Waals surface area contributed by atoms with E-state index in [1.54, 1.807) is 0 Å². The normalized spacial score (nSPS) is 12.9. The van der Waals surface area contributed by atoms with Gasteiger partial charge in [-0.05, 0) is 78.2 Å². The fraction of sp³-hybridized carbons (Fsp3) is 0.0303. The number of carbonyl (C=O) groups excluding carboxylic acids is 6. The number of carboxylic acid groups (broad SMARTS) is 2. The van der Waals surface area contributed by atoms with Gasteiger partial charge < -0.3 is 30.3 Å². The summed E-state index contributed by atoms with van der Waals surface area (Å²) in [7, 11) is 0. The molecule has 6 rings (SSSR count). The highest BCUT2D eigenvalue weighted by atomic mass is 16.6. The molecule has 0 bridgehead atoms. The maximum absolute atomic E-state index is 12.9. The van der Waals surface area contributed by atoms with Crippen molar-refractivity contribution < 1.29 is 58.0 Å². The molecule has 2 amide bonds. The van der Waals surface area contributed by atoms with Gasteiger partial charge in [-0.25, -0.2) is 28.8 Å². The highest BCUT2D eigenvalue weighted by Gasteiger charge is 2.31. The Bertz CT molecular complexity index is 2000. The zero-order valence-corrected chi connectivity index (χ0v) is 23.6. The van der Waals surface area contributed by atoms with Crippen LogP contribution >= 0.6 is 0 Å². The summed E-state index contributed by atoms with van der Waals surface area (Å²) in [5.74, 6) is -7.68. The van der Waals surface area contributed by atoms with E-state index in [0.29, 0.717) is 11.1 Å². The first kappa shape index (κ1) is 30.1. The van der Waals surface area contributed by atoms with Crippen molar-refractivity contribution in [2.45, 2.75) is 6.42 Å². The van der Waals surface area contributed by atoms with E-state index in [0.717, 1.165) is 0 Å². The van der Waals surface area contributed by atoms with E-state index in [9.17, 15) is 48.6 Å². The van der Waals surface area contributed by atoms with Gasteiger partial charge in [0.15, 0.2) is 0 Å². The smallest absolute Gasteiger partial charge is 0.346 e. The number of esters is 4. The summed E-state index contributed by atoms with van der Waals surface area (Å²) < 4.78 is 9.03. The molecule has 14 heteroatoms. The topological polar surface area (TPSA) is 220 Å². The van der Waals surface area contributed by atoms with Crippen LogP contribution in [0.1, 0.15) is 94.0 Å². The van der Waals surface area contributed by atoms with Crippen LogP contribution in [0.3, 0.4) is 0 Å². The summed E-state index contributed by atoms with van der Waals surface area (Å²) in [6.45, 7) is 0. The first-order valence-corrected chi connectivity index (χ1v) is 13.6. The Balaban J connectivity index is 1.20. The minimum absolute atomic E-state index is 0.00891. The fourth-order valence-electron chi connectivity index (χ4n) is 5.05. The number of carbonyl (C=O) groups is 8. The monoisotopic (exact) mass is 634 g/mol. The van der Waals surface area contributed by atoms with E-state index in [1.807, 2.05) is 0 Å². The molecule has 0 saturated carbocycles. The van der Waals surface area contributed by atoms with Crippen molar-refractivity contribution >= 4 is 59.0 Å². The molecule has 47 heavy (non-hydrogen) atoms. The molecule has 4 aromatic carbocycles. The number of rotatable bonds is 8. The average molecular weight is 635 g/mol. The van der Waals surface area contributed by atoms with Crippen molar-refractivity contribution in [3.05, 3.63) is 128 Å². The molecule has 0 atom stereocenters. The zero-order chi connectivity index (χ0) is 33.6. The highest BCUT2D eigenvalue weighted by Crippen LogP contribution is 2.27. The van der Waals surface area contributed by atoms with Crippen LogP contribution in [0.5, 0.6) is 0 Å². The third-order valence-corrected chi connectivity index (χ3v) is 7.35. The number of aromatic carboxylic acids is 2. The van der Waals surface area contributed by atoms with Crippen LogP contribution in [0.25, 0.3) is 0 Å². The Morgan fingerprint density at radius 1 is 0.511 bits per heavy atom. The number of anilines is 2. The second kappa shape index (κ2) is 11.5. The first-order chi connectivity index (χ1) is 22.4. The molecule has 4 N–H and O–H groups in total. The second-order valence-corrected chi connectivity index (χ2v) is 10.3. The van der Waals surface area contributed by atoms with E-state index in [-0.39, 0.29) is 62.3 Å². The van der Waals surface area contributed by atoms with Crippen LogP contribution < -0.4 is 10.6 Å². The molecule has 0 fully saturated rings. The largest absolute Gasteiger partial charge is 0.478 e. The number of fused-ring (bicyclic) bond motifs is 2. The van der Waals surface area contributed by atoms with Crippen LogP contribution in [0, 0.1) is 0 Å². The quantitative estimate of drug-likeness (QED) is 0.161. The molecule has 0 aromatic heterocycles. The zero-order valence-electron chi connectivity index (χ0n) is 23.6. The van der Waals surface area contributed by atoms with Gasteiger partial charge in [0.05, 0.1) is 44.8 Å². The second-order valence-electron chi connectivity index (χ2n) is 10.3. The standard InChI is InChI=1S/C33H18N2O12/c36-26(16-3-5-18-20(12-16)32(44)46-30(18)42)34-24-7-1-14(10-22(24)28(38)39)9-15-2-8-25(23(11-15)29(40)41)35-27(37)17-4-6-19-21(13-17)33(45)47-31(19)43/h1-8,10-13H,9H2,(H,34,36)(H,35,37)(H,38,39)(H,40,41). The predicted octanol–water partition coefficient (Wildman–Crippen LogP) is 3.80. The van der Waals surface area contributed by atoms with Gasteiger partial charge in [-0.2, -0.15) is 0 Å². The van der Waals surface area contributed by atoms with Gasteiger partial charge in [0.2, 0.25) is 0 Å². The van der Waals surface area contributed by atoms with E-state index < -0.39 is 47.6 Å². The Morgan fingerprint density at radius 2 is 0.894 bits per heavy atom. The maximum Gasteiger partial charge on any atom is 0.346 e. The van der Waals surface area contributed by atoms with Gasteiger partial charge in [-0.1, -0.05) is 12.1 Å². The molecule has 4 aromatic rings. The Hall–Kier alpha value is -6.96. The summed E-state index contributed by atoms with van der Waals surface area (Å²) in [6.07, 6.45) is 0.0743. The molecule has 0 spiro atoms. The van der Waals surface area contributed by atoms with Crippen molar-refractivity contribution in [3.63, 3.8) is 0 Å². The Kier molecular flexibility index (Phi) is 7.37. The van der Waals surface area contributed by atoms with Crippen LogP contribution in [-0.4, -0.2) is 57.8 Å². The summed E-state index contributed by atoms with van der Waals surface area (Å²) in [4.78, 5) is 96.9. The fourth-order valence-corrected chi connectivity index (χ4v) is 5.05. The van der Waals surface area contributed by atoms with Gasteiger partial charge in [-0.15, -0.1) is 0 Å². The van der Waals surface area contributed by atoms with Crippen LogP contribution in [0.4, 0.5) is 11.4 Å². The van der Waals surface area contributed by atoms with E-state index >= 15 is 0 Å². The van der Waals surface area contributed by atoms with E-state index in [4.69, 9.17) is 0 Å². The molecule has 0 radical (unpaired) electrons. The Labute approximate surface area is 262 Å². The van der Waals surface area contributed by atoms with Gasteiger partial charge >= 0.3 is 35.8 Å². The lowest BCUT2D eigenvalue weighted by Crippen LogP contribution is -2.16. The summed E-state index contributed by atoms with van der Waals surface area (Å²) in [5, 5.41) is 24.6. The summed E-state index contributed by atoms with van der Waals surface area (Å²) in [5.41, 5.74) is 0.0602. The number of nitrogens with one attached hydrogen (secondary N) is 2. The van der Waals surface area contributed by atoms with E-state index in [1.165, 1.54) is 72.8 Å². The third-order valence-electron chi connectivity index (χ3n) is 7.35. The number of hydrogen-bond acceptors (Lipinski definition) is 10. The predicted molar refractivity (Wildman–Crippen MR) is 158 cm³/mol. The lowest BCUT2D eigenvalue weighted by atomic mass is 9.99. The number of hydrogen-bond donors (Lipinski definition) is 4. The van der Waals surface area contributed by atoms with Crippen LogP contribution in [0.2, 0.25) is 0 Å². The third kappa shape index (κ3) is 5.69. The first-order valence-electron chi connectivity index (χ1n) is 13.6. The summed E-state index contributed by atoms with van der Waals surface area (Å²) in [6, 6.07) is 15.8. The van der Waals surface area contributed by atoms with E-state index in [2.05, 4.69) is 20.1 Å². The molecule has 2 aliphatic heterocycles. The average Bonchev–Trinajstić information content (AvgIpc) is 3.49. The number of benzene rings is 4.